The molecule has 0 aromatic heterocycles. The number of benzene rings is 2. The van der Waals surface area contributed by atoms with Gasteiger partial charge in [-0.25, -0.2) is 9.79 Å². The predicted octanol–water partition coefficient (Wildman–Crippen LogP) is 2.89. The third-order valence-electron chi connectivity index (χ3n) is 3.58. The number of carbonyl (C=O) groups is 2. The molecule has 1 heterocycles. The Morgan fingerprint density at radius 1 is 1.26 bits per heavy atom. The maximum atomic E-state index is 12.1. The first kappa shape index (κ1) is 17.9. The average molecular weight is 361 g/mol. The third kappa shape index (κ3) is 4.38. The molecule has 134 valence electrons. The Hall–Kier alpha value is -3.92. The zero-order valence-corrected chi connectivity index (χ0v) is 14.4. The van der Waals surface area contributed by atoms with Crippen LogP contribution in [0.5, 0.6) is 5.75 Å². The highest BCUT2D eigenvalue weighted by Crippen LogP contribution is 2.25. The summed E-state index contributed by atoms with van der Waals surface area (Å²) >= 11 is 0. The number of carbonyl (C=O) groups excluding carboxylic acids is 2. The molecule has 0 saturated heterocycles. The summed E-state index contributed by atoms with van der Waals surface area (Å²) in [6.07, 6.45) is 1.55. The number of hydrogen-bond acceptors (Lipinski definition) is 6. The number of ether oxygens (including phenoxy) is 2. The van der Waals surface area contributed by atoms with E-state index in [0.717, 1.165) is 0 Å². The second-order valence-corrected chi connectivity index (χ2v) is 5.58. The van der Waals surface area contributed by atoms with Gasteiger partial charge in [0.05, 0.1) is 0 Å². The monoisotopic (exact) mass is 361 g/mol. The van der Waals surface area contributed by atoms with Crippen LogP contribution >= 0.6 is 0 Å². The van der Waals surface area contributed by atoms with Crippen LogP contribution in [0.3, 0.4) is 0 Å². The van der Waals surface area contributed by atoms with Gasteiger partial charge < -0.3 is 14.8 Å². The van der Waals surface area contributed by atoms with Crippen molar-refractivity contribution in [1.82, 2.24) is 0 Å². The molecule has 0 spiro atoms. The number of nitriles is 1. The van der Waals surface area contributed by atoms with E-state index in [1.165, 1.54) is 6.92 Å². The average Bonchev–Trinajstić information content (AvgIpc) is 3.02. The number of para-hydroxylation sites is 1. The summed E-state index contributed by atoms with van der Waals surface area (Å²) in [4.78, 5) is 27.5. The smallest absolute Gasteiger partial charge is 0.363 e. The van der Waals surface area contributed by atoms with Gasteiger partial charge in [0, 0.05) is 23.7 Å². The van der Waals surface area contributed by atoms with Gasteiger partial charge in [0.2, 0.25) is 11.8 Å². The largest absolute Gasteiger partial charge is 0.478 e. The molecule has 1 aliphatic heterocycles. The molecular weight excluding hydrogens is 346 g/mol. The van der Waals surface area contributed by atoms with Gasteiger partial charge in [-0.15, -0.1) is 0 Å². The normalized spacial score (nSPS) is 14.3. The lowest BCUT2D eigenvalue weighted by molar-refractivity contribution is -0.129. The Kier molecular flexibility index (Phi) is 5.28. The number of nitrogens with one attached hydrogen (secondary N) is 1. The second-order valence-electron chi connectivity index (χ2n) is 5.58. The topological polar surface area (TPSA) is 101 Å². The molecule has 0 atom stereocenters. The van der Waals surface area contributed by atoms with Crippen LogP contribution in [0.25, 0.3) is 6.08 Å². The van der Waals surface area contributed by atoms with Gasteiger partial charge in [-0.1, -0.05) is 18.2 Å². The number of hydrogen-bond donors (Lipinski definition) is 1. The van der Waals surface area contributed by atoms with Crippen molar-refractivity contribution in [3.63, 3.8) is 0 Å². The predicted molar refractivity (Wildman–Crippen MR) is 98.9 cm³/mol. The van der Waals surface area contributed by atoms with E-state index in [-0.39, 0.29) is 24.1 Å². The van der Waals surface area contributed by atoms with Gasteiger partial charge in [0.25, 0.3) is 0 Å². The van der Waals surface area contributed by atoms with Crippen LogP contribution in [0.15, 0.2) is 59.2 Å². The maximum Gasteiger partial charge on any atom is 0.363 e. The van der Waals surface area contributed by atoms with Crippen LogP contribution in [-0.2, 0) is 14.3 Å². The Labute approximate surface area is 155 Å². The van der Waals surface area contributed by atoms with Gasteiger partial charge >= 0.3 is 5.97 Å². The van der Waals surface area contributed by atoms with E-state index in [1.807, 2.05) is 6.07 Å². The molecule has 0 saturated carbocycles. The quantitative estimate of drug-likeness (QED) is 0.652. The molecule has 1 aliphatic rings. The first-order chi connectivity index (χ1) is 13.1. The fraction of sp³-hybridized carbons (Fsp3) is 0.100. The van der Waals surface area contributed by atoms with Crippen molar-refractivity contribution in [3.8, 4) is 11.8 Å². The molecule has 1 amide bonds. The van der Waals surface area contributed by atoms with Gasteiger partial charge in [0.15, 0.2) is 12.3 Å². The molecule has 0 radical (unpaired) electrons. The number of rotatable bonds is 5. The molecule has 0 fully saturated rings. The van der Waals surface area contributed by atoms with Gasteiger partial charge in [-0.3, -0.25) is 4.79 Å². The molecule has 1 N–H and O–H groups in total. The van der Waals surface area contributed by atoms with E-state index in [1.54, 1.807) is 54.6 Å². The summed E-state index contributed by atoms with van der Waals surface area (Å²) in [6, 6.07) is 15.7. The van der Waals surface area contributed by atoms with Crippen LogP contribution in [-0.4, -0.2) is 24.4 Å². The Morgan fingerprint density at radius 2 is 2.00 bits per heavy atom. The van der Waals surface area contributed by atoms with E-state index < -0.39 is 5.97 Å². The summed E-state index contributed by atoms with van der Waals surface area (Å²) in [5.74, 6) is -0.0976. The van der Waals surface area contributed by atoms with Crippen LogP contribution in [0.4, 0.5) is 5.69 Å². The molecule has 2 aromatic rings. The molecule has 0 bridgehead atoms. The van der Waals surface area contributed by atoms with Crippen molar-refractivity contribution in [3.05, 3.63) is 65.4 Å². The highest BCUT2D eigenvalue weighted by Gasteiger charge is 2.24. The minimum atomic E-state index is -0.578. The summed E-state index contributed by atoms with van der Waals surface area (Å²) in [5.41, 5.74) is 1.99. The Balaban J connectivity index is 1.85. The lowest BCUT2D eigenvalue weighted by atomic mass is 10.1. The number of amides is 1. The number of cyclic esters (lactones) is 1. The van der Waals surface area contributed by atoms with Crippen molar-refractivity contribution in [2.75, 3.05) is 11.9 Å². The van der Waals surface area contributed by atoms with E-state index in [4.69, 9.17) is 14.7 Å². The standard InChI is InChI=1S/C20H15N3O4/c1-13(24)22-16-8-6-14(7-9-16)19-23-17(20(25)27-19)12-15-4-2-3-5-18(15)26-11-10-21/h2-9,12H,11H2,1H3,(H,22,24)/b17-12+. The molecule has 0 aliphatic carbocycles. The third-order valence-corrected chi connectivity index (χ3v) is 3.58. The molecule has 3 rings (SSSR count). The van der Waals surface area contributed by atoms with Gasteiger partial charge in [0.1, 0.15) is 11.8 Å². The highest BCUT2D eigenvalue weighted by molar-refractivity contribution is 6.13. The number of nitrogens with zero attached hydrogens (tertiary/aromatic N) is 2. The fourth-order valence-corrected chi connectivity index (χ4v) is 2.42. The summed E-state index contributed by atoms with van der Waals surface area (Å²) in [7, 11) is 0. The number of anilines is 1. The fourth-order valence-electron chi connectivity index (χ4n) is 2.42. The van der Waals surface area contributed by atoms with Gasteiger partial charge in [-0.2, -0.15) is 5.26 Å². The molecular formula is C20H15N3O4. The van der Waals surface area contributed by atoms with E-state index in [2.05, 4.69) is 10.3 Å². The summed E-state index contributed by atoms with van der Waals surface area (Å²) in [5, 5.41) is 11.3. The minimum absolute atomic E-state index is 0.0974. The van der Waals surface area contributed by atoms with Crippen molar-refractivity contribution in [2.24, 2.45) is 4.99 Å². The Morgan fingerprint density at radius 3 is 2.70 bits per heavy atom. The summed E-state index contributed by atoms with van der Waals surface area (Å²) in [6.45, 7) is 1.33. The van der Waals surface area contributed by atoms with Gasteiger partial charge in [-0.05, 0) is 36.4 Å². The van der Waals surface area contributed by atoms with Crippen molar-refractivity contribution in [1.29, 1.82) is 5.26 Å². The Bertz CT molecular complexity index is 985. The van der Waals surface area contributed by atoms with Crippen molar-refractivity contribution < 1.29 is 19.1 Å². The molecule has 2 aromatic carbocycles. The number of esters is 1. The minimum Gasteiger partial charge on any atom is -0.478 e. The van der Waals surface area contributed by atoms with Crippen molar-refractivity contribution in [2.45, 2.75) is 6.92 Å². The SMILES string of the molecule is CC(=O)Nc1ccc(C2=N/C(=C/c3ccccc3OCC#N)C(=O)O2)cc1. The first-order valence-corrected chi connectivity index (χ1v) is 8.06. The summed E-state index contributed by atoms with van der Waals surface area (Å²) < 4.78 is 10.6. The molecule has 27 heavy (non-hydrogen) atoms. The van der Waals surface area contributed by atoms with Crippen molar-refractivity contribution >= 4 is 29.5 Å². The molecule has 7 heteroatoms. The lowest BCUT2D eigenvalue weighted by Crippen LogP contribution is -2.07. The van der Waals surface area contributed by atoms with E-state index in [0.29, 0.717) is 22.6 Å². The van der Waals surface area contributed by atoms with Crippen LogP contribution in [0.1, 0.15) is 18.1 Å². The highest BCUT2D eigenvalue weighted by atomic mass is 16.6. The zero-order chi connectivity index (χ0) is 19.2. The van der Waals surface area contributed by atoms with Crippen LogP contribution in [0, 0.1) is 11.3 Å². The number of aliphatic imine (C=N–C) groups is 1. The van der Waals surface area contributed by atoms with Crippen LogP contribution in [0.2, 0.25) is 0 Å². The first-order valence-electron chi connectivity index (χ1n) is 8.06. The second kappa shape index (κ2) is 7.97. The zero-order valence-electron chi connectivity index (χ0n) is 14.4. The van der Waals surface area contributed by atoms with E-state index in [9.17, 15) is 9.59 Å². The molecule has 7 nitrogen and oxygen atoms in total. The van der Waals surface area contributed by atoms with Crippen LogP contribution < -0.4 is 10.1 Å². The lowest BCUT2D eigenvalue weighted by Gasteiger charge is -2.05. The maximum absolute atomic E-state index is 12.1. The van der Waals surface area contributed by atoms with E-state index >= 15 is 0 Å². The molecule has 0 unspecified atom stereocenters.